The third-order valence-electron chi connectivity index (χ3n) is 5.39. The number of ether oxygens (including phenoxy) is 6. The zero-order chi connectivity index (χ0) is 20.9. The average molecular weight is 409 g/mol. The lowest BCUT2D eigenvalue weighted by atomic mass is 9.88. The second-order valence-electron chi connectivity index (χ2n) is 8.96. The molecule has 1 aromatic carbocycles. The topological polar surface area (TPSA) is 55.4 Å². The van der Waals surface area contributed by atoms with Crippen molar-refractivity contribution in [2.24, 2.45) is 0 Å². The van der Waals surface area contributed by atoms with Gasteiger partial charge in [-0.05, 0) is 65.0 Å². The number of methoxy groups -OCH3 is 1. The molecule has 0 atom stereocenters. The molecule has 0 fully saturated rings. The van der Waals surface area contributed by atoms with Crippen LogP contribution in [0, 0.1) is 0 Å². The van der Waals surface area contributed by atoms with Crippen LogP contribution in [0.5, 0.6) is 17.2 Å². The first-order chi connectivity index (χ1) is 13.8. The molecule has 6 heteroatoms. The minimum Gasteiger partial charge on any atom is -0.487 e. The highest BCUT2D eigenvalue weighted by Crippen LogP contribution is 2.49. The molecular formula is C23H36O6. The highest BCUT2D eigenvalue weighted by Gasteiger charge is 2.36. The third-order valence-corrected chi connectivity index (χ3v) is 5.39. The summed E-state index contributed by atoms with van der Waals surface area (Å²) in [5, 5.41) is 0. The minimum absolute atomic E-state index is 0.144. The molecule has 0 N–H and O–H groups in total. The largest absolute Gasteiger partial charge is 0.487 e. The van der Waals surface area contributed by atoms with Crippen LogP contribution in [0.15, 0.2) is 6.07 Å². The molecular weight excluding hydrogens is 372 g/mol. The van der Waals surface area contributed by atoms with Crippen LogP contribution >= 0.6 is 0 Å². The van der Waals surface area contributed by atoms with Gasteiger partial charge in [-0.25, -0.2) is 0 Å². The van der Waals surface area contributed by atoms with Crippen molar-refractivity contribution < 1.29 is 28.4 Å². The molecule has 3 rings (SSSR count). The molecule has 0 saturated heterocycles. The Bertz CT molecular complexity index is 682. The van der Waals surface area contributed by atoms with E-state index in [0.29, 0.717) is 39.6 Å². The van der Waals surface area contributed by atoms with Gasteiger partial charge in [0.1, 0.15) is 23.6 Å². The van der Waals surface area contributed by atoms with E-state index in [1.54, 1.807) is 7.11 Å². The molecule has 6 nitrogen and oxygen atoms in total. The van der Waals surface area contributed by atoms with Crippen LogP contribution in [-0.2, 0) is 27.1 Å². The SMILES string of the molecule is COCCOCCOCCOc1cc2c(c3c1OC(C)(C)CC3)OC(C)(C)CC2. The van der Waals surface area contributed by atoms with Crippen molar-refractivity contribution in [2.75, 3.05) is 46.8 Å². The van der Waals surface area contributed by atoms with Crippen LogP contribution in [0.1, 0.15) is 51.7 Å². The number of aryl methyl sites for hydroxylation is 1. The summed E-state index contributed by atoms with van der Waals surface area (Å²) in [6.07, 6.45) is 3.89. The van der Waals surface area contributed by atoms with Gasteiger partial charge in [0.15, 0.2) is 11.5 Å². The Kier molecular flexibility index (Phi) is 7.30. The molecule has 164 valence electrons. The maximum Gasteiger partial charge on any atom is 0.168 e. The standard InChI is InChI=1S/C23H36O6/c1-22(2)8-6-17-16-19(27-15-14-26-13-12-25-11-10-24-5)21-18(20(17)28-22)7-9-23(3,4)29-21/h16H,6-15H2,1-5H3. The Hall–Kier alpha value is -1.50. The van der Waals surface area contributed by atoms with Gasteiger partial charge in [0.05, 0.1) is 33.0 Å². The fraction of sp³-hybridized carbons (Fsp3) is 0.739. The summed E-state index contributed by atoms with van der Waals surface area (Å²) in [5.41, 5.74) is 2.01. The summed E-state index contributed by atoms with van der Waals surface area (Å²) >= 11 is 0. The lowest BCUT2D eigenvalue weighted by Crippen LogP contribution is -2.36. The predicted molar refractivity (Wildman–Crippen MR) is 112 cm³/mol. The van der Waals surface area contributed by atoms with E-state index in [-0.39, 0.29) is 11.2 Å². The lowest BCUT2D eigenvalue weighted by molar-refractivity contribution is 0.0169. The van der Waals surface area contributed by atoms with Gasteiger partial charge in [-0.1, -0.05) is 0 Å². The van der Waals surface area contributed by atoms with E-state index in [9.17, 15) is 0 Å². The van der Waals surface area contributed by atoms with Gasteiger partial charge in [-0.2, -0.15) is 0 Å². The summed E-state index contributed by atoms with van der Waals surface area (Å²) in [6.45, 7) is 11.8. The van der Waals surface area contributed by atoms with Crippen molar-refractivity contribution in [1.82, 2.24) is 0 Å². The molecule has 0 bridgehead atoms. The molecule has 29 heavy (non-hydrogen) atoms. The van der Waals surface area contributed by atoms with Gasteiger partial charge < -0.3 is 28.4 Å². The number of fused-ring (bicyclic) bond motifs is 3. The summed E-state index contributed by atoms with van der Waals surface area (Å²) < 4.78 is 34.7. The number of benzene rings is 1. The first-order valence-electron chi connectivity index (χ1n) is 10.7. The number of hydrogen-bond donors (Lipinski definition) is 0. The van der Waals surface area contributed by atoms with Crippen LogP contribution in [-0.4, -0.2) is 58.0 Å². The van der Waals surface area contributed by atoms with Crippen LogP contribution in [0.25, 0.3) is 0 Å². The molecule has 0 saturated carbocycles. The third kappa shape index (κ3) is 6.00. The maximum absolute atomic E-state index is 6.36. The van der Waals surface area contributed by atoms with Crippen molar-refractivity contribution in [3.8, 4) is 17.2 Å². The fourth-order valence-electron chi connectivity index (χ4n) is 3.69. The highest BCUT2D eigenvalue weighted by molar-refractivity contribution is 5.60. The summed E-state index contributed by atoms with van der Waals surface area (Å²) in [6, 6.07) is 2.10. The second-order valence-corrected chi connectivity index (χ2v) is 8.96. The fourth-order valence-corrected chi connectivity index (χ4v) is 3.69. The Morgan fingerprint density at radius 2 is 1.38 bits per heavy atom. The van der Waals surface area contributed by atoms with Gasteiger partial charge in [0.2, 0.25) is 0 Å². The molecule has 1 aromatic rings. The first-order valence-corrected chi connectivity index (χ1v) is 10.7. The molecule has 0 spiro atoms. The number of rotatable bonds is 10. The summed E-state index contributed by atoms with van der Waals surface area (Å²) in [4.78, 5) is 0. The summed E-state index contributed by atoms with van der Waals surface area (Å²) in [5.74, 6) is 2.64. The van der Waals surface area contributed by atoms with Crippen LogP contribution in [0.3, 0.4) is 0 Å². The van der Waals surface area contributed by atoms with Gasteiger partial charge in [0.25, 0.3) is 0 Å². The van der Waals surface area contributed by atoms with Crippen molar-refractivity contribution in [3.63, 3.8) is 0 Å². The second kappa shape index (κ2) is 9.54. The maximum atomic E-state index is 6.36. The quantitative estimate of drug-likeness (QED) is 0.547. The van der Waals surface area contributed by atoms with Gasteiger partial charge >= 0.3 is 0 Å². The molecule has 0 amide bonds. The lowest BCUT2D eigenvalue weighted by Gasteiger charge is -2.39. The Labute approximate surface area is 174 Å². The minimum atomic E-state index is -0.209. The summed E-state index contributed by atoms with van der Waals surface area (Å²) in [7, 11) is 1.66. The van der Waals surface area contributed by atoms with E-state index in [1.165, 1.54) is 5.56 Å². The van der Waals surface area contributed by atoms with Crippen molar-refractivity contribution in [3.05, 3.63) is 17.2 Å². The average Bonchev–Trinajstić information content (AvgIpc) is 2.65. The monoisotopic (exact) mass is 408 g/mol. The van der Waals surface area contributed by atoms with E-state index in [1.807, 2.05) is 0 Å². The van der Waals surface area contributed by atoms with Crippen molar-refractivity contribution in [2.45, 2.75) is 64.6 Å². The van der Waals surface area contributed by atoms with Crippen molar-refractivity contribution in [1.29, 1.82) is 0 Å². The Balaban J connectivity index is 1.62. The smallest absolute Gasteiger partial charge is 0.168 e. The van der Waals surface area contributed by atoms with E-state index in [0.717, 1.165) is 48.5 Å². The van der Waals surface area contributed by atoms with Gasteiger partial charge in [-0.15, -0.1) is 0 Å². The zero-order valence-electron chi connectivity index (χ0n) is 18.6. The van der Waals surface area contributed by atoms with Crippen LogP contribution < -0.4 is 14.2 Å². The highest BCUT2D eigenvalue weighted by atomic mass is 16.6. The molecule has 0 radical (unpaired) electrons. The normalized spacial score (nSPS) is 18.9. The predicted octanol–water partition coefficient (Wildman–Crippen LogP) is 3.95. The van der Waals surface area contributed by atoms with E-state index < -0.39 is 0 Å². The molecule has 2 aliphatic heterocycles. The van der Waals surface area contributed by atoms with E-state index >= 15 is 0 Å². The molecule has 2 aliphatic rings. The van der Waals surface area contributed by atoms with Crippen LogP contribution in [0.2, 0.25) is 0 Å². The first kappa shape index (κ1) is 22.2. The van der Waals surface area contributed by atoms with Gasteiger partial charge in [0, 0.05) is 12.7 Å². The Morgan fingerprint density at radius 3 is 2.07 bits per heavy atom. The molecule has 0 aromatic heterocycles. The molecule has 0 unspecified atom stereocenters. The van der Waals surface area contributed by atoms with Crippen molar-refractivity contribution >= 4 is 0 Å². The van der Waals surface area contributed by atoms with E-state index in [2.05, 4.69) is 33.8 Å². The number of hydrogen-bond acceptors (Lipinski definition) is 6. The molecule has 2 heterocycles. The van der Waals surface area contributed by atoms with Crippen LogP contribution in [0.4, 0.5) is 0 Å². The Morgan fingerprint density at radius 1 is 0.793 bits per heavy atom. The molecule has 0 aliphatic carbocycles. The van der Waals surface area contributed by atoms with Gasteiger partial charge in [-0.3, -0.25) is 0 Å². The van der Waals surface area contributed by atoms with E-state index in [4.69, 9.17) is 28.4 Å². The zero-order valence-corrected chi connectivity index (χ0v) is 18.6.